The lowest BCUT2D eigenvalue weighted by molar-refractivity contribution is -0.123. The SMILES string of the molecule is CC(C)CCC(NC(=O)CCC1CCNCC1)C(C)(C)C. The zero-order valence-electron chi connectivity index (χ0n) is 14.8. The molecule has 0 radical (unpaired) electrons. The van der Waals surface area contributed by atoms with E-state index in [2.05, 4.69) is 45.3 Å². The molecular weight excluding hydrogens is 260 g/mol. The maximum atomic E-state index is 12.3. The molecule has 2 N–H and O–H groups in total. The van der Waals surface area contributed by atoms with Gasteiger partial charge in [0.15, 0.2) is 0 Å². The van der Waals surface area contributed by atoms with Crippen LogP contribution in [-0.4, -0.2) is 25.0 Å². The van der Waals surface area contributed by atoms with Crippen LogP contribution < -0.4 is 10.6 Å². The fourth-order valence-electron chi connectivity index (χ4n) is 2.99. The van der Waals surface area contributed by atoms with Gasteiger partial charge in [0.25, 0.3) is 0 Å². The third-order valence-electron chi connectivity index (χ3n) is 4.65. The predicted molar refractivity (Wildman–Crippen MR) is 90.3 cm³/mol. The number of nitrogens with one attached hydrogen (secondary N) is 2. The first kappa shape index (κ1) is 18.5. The number of carbonyl (C=O) groups is 1. The molecule has 0 aromatic carbocycles. The smallest absolute Gasteiger partial charge is 0.220 e. The van der Waals surface area contributed by atoms with Crippen molar-refractivity contribution in [2.24, 2.45) is 17.3 Å². The Balaban J connectivity index is 2.36. The van der Waals surface area contributed by atoms with Crippen LogP contribution in [0.3, 0.4) is 0 Å². The molecule has 1 heterocycles. The molecule has 0 saturated carbocycles. The summed E-state index contributed by atoms with van der Waals surface area (Å²) in [5, 5.41) is 6.68. The van der Waals surface area contributed by atoms with Crippen LogP contribution in [0, 0.1) is 17.3 Å². The highest BCUT2D eigenvalue weighted by molar-refractivity contribution is 5.76. The van der Waals surface area contributed by atoms with E-state index < -0.39 is 0 Å². The van der Waals surface area contributed by atoms with Gasteiger partial charge in [-0.25, -0.2) is 0 Å². The standard InChI is InChI=1S/C18H36N2O/c1-14(2)6-8-16(18(3,4)5)20-17(21)9-7-15-10-12-19-13-11-15/h14-16,19H,6-13H2,1-5H3,(H,20,21). The Morgan fingerprint density at radius 2 is 1.81 bits per heavy atom. The van der Waals surface area contributed by atoms with E-state index in [0.717, 1.165) is 31.8 Å². The molecule has 1 aliphatic rings. The Bertz CT molecular complexity index is 301. The molecule has 1 saturated heterocycles. The number of rotatable bonds is 7. The minimum Gasteiger partial charge on any atom is -0.353 e. The van der Waals surface area contributed by atoms with E-state index in [1.807, 2.05) is 0 Å². The summed E-state index contributed by atoms with van der Waals surface area (Å²) >= 11 is 0. The second-order valence-corrected chi connectivity index (χ2v) is 8.19. The Hall–Kier alpha value is -0.570. The largest absolute Gasteiger partial charge is 0.353 e. The van der Waals surface area contributed by atoms with Crippen LogP contribution >= 0.6 is 0 Å². The van der Waals surface area contributed by atoms with Crippen molar-refractivity contribution >= 4 is 5.91 Å². The number of amides is 1. The summed E-state index contributed by atoms with van der Waals surface area (Å²) in [6.45, 7) is 13.4. The molecule has 1 atom stereocenters. The molecule has 1 unspecified atom stereocenters. The van der Waals surface area contributed by atoms with Crippen molar-refractivity contribution in [2.45, 2.75) is 79.2 Å². The predicted octanol–water partition coefficient (Wildman–Crippen LogP) is 3.73. The van der Waals surface area contributed by atoms with Gasteiger partial charge < -0.3 is 10.6 Å². The van der Waals surface area contributed by atoms with E-state index in [1.165, 1.54) is 19.3 Å². The summed E-state index contributed by atoms with van der Waals surface area (Å²) in [6, 6.07) is 0.292. The van der Waals surface area contributed by atoms with Crippen molar-refractivity contribution in [2.75, 3.05) is 13.1 Å². The third kappa shape index (κ3) is 7.85. The van der Waals surface area contributed by atoms with Crippen LogP contribution in [0.15, 0.2) is 0 Å². The van der Waals surface area contributed by atoms with E-state index in [9.17, 15) is 4.79 Å². The van der Waals surface area contributed by atoms with Gasteiger partial charge in [-0.2, -0.15) is 0 Å². The molecule has 0 aromatic rings. The van der Waals surface area contributed by atoms with Gasteiger partial charge in [0, 0.05) is 12.5 Å². The normalized spacial score (nSPS) is 18.8. The molecule has 3 nitrogen and oxygen atoms in total. The van der Waals surface area contributed by atoms with Crippen molar-refractivity contribution in [1.29, 1.82) is 0 Å². The Morgan fingerprint density at radius 3 is 2.33 bits per heavy atom. The molecule has 0 bridgehead atoms. The van der Waals surface area contributed by atoms with Gasteiger partial charge in [-0.05, 0) is 62.4 Å². The molecule has 0 aromatic heterocycles. The molecular formula is C18H36N2O. The van der Waals surface area contributed by atoms with Crippen molar-refractivity contribution < 1.29 is 4.79 Å². The summed E-state index contributed by atoms with van der Waals surface area (Å²) in [5.74, 6) is 1.68. The average molecular weight is 296 g/mol. The van der Waals surface area contributed by atoms with Crippen LogP contribution in [0.4, 0.5) is 0 Å². The molecule has 21 heavy (non-hydrogen) atoms. The van der Waals surface area contributed by atoms with Crippen LogP contribution in [0.1, 0.15) is 73.1 Å². The Labute approximate surface area is 131 Å². The first-order valence-corrected chi connectivity index (χ1v) is 8.79. The monoisotopic (exact) mass is 296 g/mol. The fraction of sp³-hybridized carbons (Fsp3) is 0.944. The summed E-state index contributed by atoms with van der Waals surface area (Å²) in [5.41, 5.74) is 0.138. The van der Waals surface area contributed by atoms with Crippen LogP contribution in [0.25, 0.3) is 0 Å². The van der Waals surface area contributed by atoms with E-state index in [4.69, 9.17) is 0 Å². The summed E-state index contributed by atoms with van der Waals surface area (Å²) in [7, 11) is 0. The quantitative estimate of drug-likeness (QED) is 0.751. The van der Waals surface area contributed by atoms with Crippen molar-refractivity contribution in [1.82, 2.24) is 10.6 Å². The highest BCUT2D eigenvalue weighted by Gasteiger charge is 2.26. The molecule has 0 aliphatic carbocycles. The Kier molecular flexibility index (Phi) is 7.72. The van der Waals surface area contributed by atoms with E-state index >= 15 is 0 Å². The van der Waals surface area contributed by atoms with Crippen molar-refractivity contribution in [3.8, 4) is 0 Å². The van der Waals surface area contributed by atoms with Gasteiger partial charge in [-0.3, -0.25) is 4.79 Å². The molecule has 1 aliphatic heterocycles. The lowest BCUT2D eigenvalue weighted by atomic mass is 9.82. The van der Waals surface area contributed by atoms with Gasteiger partial charge in [-0.15, -0.1) is 0 Å². The number of hydrogen-bond acceptors (Lipinski definition) is 2. The minimum absolute atomic E-state index is 0.138. The number of carbonyl (C=O) groups excluding carboxylic acids is 1. The maximum Gasteiger partial charge on any atom is 0.220 e. The van der Waals surface area contributed by atoms with Gasteiger partial charge in [-0.1, -0.05) is 34.6 Å². The molecule has 3 heteroatoms. The van der Waals surface area contributed by atoms with Crippen LogP contribution in [-0.2, 0) is 4.79 Å². The topological polar surface area (TPSA) is 41.1 Å². The average Bonchev–Trinajstić information content (AvgIpc) is 2.41. The highest BCUT2D eigenvalue weighted by Crippen LogP contribution is 2.25. The molecule has 1 amide bonds. The van der Waals surface area contributed by atoms with Crippen molar-refractivity contribution in [3.05, 3.63) is 0 Å². The van der Waals surface area contributed by atoms with Crippen LogP contribution in [0.2, 0.25) is 0 Å². The van der Waals surface area contributed by atoms with E-state index in [-0.39, 0.29) is 11.3 Å². The summed E-state index contributed by atoms with van der Waals surface area (Å²) in [4.78, 5) is 12.3. The lowest BCUT2D eigenvalue weighted by Gasteiger charge is -2.32. The first-order valence-electron chi connectivity index (χ1n) is 8.79. The number of hydrogen-bond donors (Lipinski definition) is 2. The van der Waals surface area contributed by atoms with Crippen molar-refractivity contribution in [3.63, 3.8) is 0 Å². The lowest BCUT2D eigenvalue weighted by Crippen LogP contribution is -2.44. The van der Waals surface area contributed by atoms with Gasteiger partial charge in [0.2, 0.25) is 5.91 Å². The fourth-order valence-corrected chi connectivity index (χ4v) is 2.99. The third-order valence-corrected chi connectivity index (χ3v) is 4.65. The van der Waals surface area contributed by atoms with E-state index in [0.29, 0.717) is 18.4 Å². The Morgan fingerprint density at radius 1 is 1.19 bits per heavy atom. The molecule has 1 fully saturated rings. The number of piperidine rings is 1. The molecule has 124 valence electrons. The minimum atomic E-state index is 0.138. The summed E-state index contributed by atoms with van der Waals surface area (Å²) in [6.07, 6.45) is 6.46. The molecule has 1 rings (SSSR count). The van der Waals surface area contributed by atoms with Crippen LogP contribution in [0.5, 0.6) is 0 Å². The van der Waals surface area contributed by atoms with Gasteiger partial charge in [0.1, 0.15) is 0 Å². The van der Waals surface area contributed by atoms with Gasteiger partial charge in [0.05, 0.1) is 0 Å². The first-order chi connectivity index (χ1) is 9.79. The zero-order chi connectivity index (χ0) is 15.9. The summed E-state index contributed by atoms with van der Waals surface area (Å²) < 4.78 is 0. The van der Waals surface area contributed by atoms with Gasteiger partial charge >= 0.3 is 0 Å². The molecule has 0 spiro atoms. The van der Waals surface area contributed by atoms with E-state index in [1.54, 1.807) is 0 Å². The zero-order valence-corrected chi connectivity index (χ0v) is 14.8. The maximum absolute atomic E-state index is 12.3. The second kappa shape index (κ2) is 8.77. The second-order valence-electron chi connectivity index (χ2n) is 8.19. The highest BCUT2D eigenvalue weighted by atomic mass is 16.1.